The van der Waals surface area contributed by atoms with Crippen LogP contribution in [0.1, 0.15) is 188 Å². The second-order valence-electron chi connectivity index (χ2n) is 11.3. The first-order valence-corrected chi connectivity index (χ1v) is 15.3. The van der Waals surface area contributed by atoms with Gasteiger partial charge in [-0.1, -0.05) is 188 Å². The van der Waals surface area contributed by atoms with Gasteiger partial charge in [0.2, 0.25) is 0 Å². The summed E-state index contributed by atoms with van der Waals surface area (Å²) in [5.41, 5.74) is 1.96. The minimum atomic E-state index is 0.625. The average Bonchev–Trinajstić information content (AvgIpc) is 2.87. The van der Waals surface area contributed by atoms with E-state index in [9.17, 15) is 0 Å². The summed E-state index contributed by atoms with van der Waals surface area (Å²) in [7, 11) is 0. The summed E-state index contributed by atoms with van der Waals surface area (Å²) in [5.74, 6) is 1.77. The van der Waals surface area contributed by atoms with Gasteiger partial charge in [-0.25, -0.2) is 0 Å². The van der Waals surface area contributed by atoms with Crippen molar-refractivity contribution in [2.24, 2.45) is 28.1 Å². The van der Waals surface area contributed by atoms with Gasteiger partial charge in [-0.15, -0.1) is 0 Å². The van der Waals surface area contributed by atoms with Crippen LogP contribution in [0.2, 0.25) is 0 Å². The highest BCUT2D eigenvalue weighted by Crippen LogP contribution is 2.34. The molecule has 0 N–H and O–H groups in total. The standard InChI is InChI=1S/2C9H20.C8H18.C7H16/c2*1-5-9(6-2,7-3)8-4;1-5-8(4,6-2)7-3;1-5-7(4)6(2)3/h2*5-8H2,1-4H3;5-7H2,1-4H3;6-7H,5H2,1-4H3/t;;;7-/m...1/s1. The molecule has 0 aliphatic rings. The summed E-state index contributed by atoms with van der Waals surface area (Å²) in [6.07, 6.45) is 16.0. The van der Waals surface area contributed by atoms with Gasteiger partial charge in [-0.2, -0.15) is 0 Å². The molecule has 0 unspecified atom stereocenters. The second kappa shape index (κ2) is 23.7. The van der Waals surface area contributed by atoms with Gasteiger partial charge in [0.15, 0.2) is 0 Å². The van der Waals surface area contributed by atoms with Crippen LogP contribution in [0, 0.1) is 28.1 Å². The molecule has 0 aromatic rings. The van der Waals surface area contributed by atoms with E-state index in [4.69, 9.17) is 0 Å². The Bertz CT molecular complexity index is 289. The Hall–Kier alpha value is 0. The average molecular weight is 471 g/mol. The molecule has 206 valence electrons. The van der Waals surface area contributed by atoms with E-state index in [1.54, 1.807) is 0 Å². The SMILES string of the molecule is CCC(C)(CC)CC.CCC(CC)(CC)CC.CCC(CC)(CC)CC.CC[C@@H](C)C(C)C. The zero-order valence-electron chi connectivity index (χ0n) is 27.1. The van der Waals surface area contributed by atoms with Crippen LogP contribution in [0.15, 0.2) is 0 Å². The van der Waals surface area contributed by atoms with E-state index in [0.717, 1.165) is 11.8 Å². The summed E-state index contributed by atoms with van der Waals surface area (Å²) >= 11 is 0. The van der Waals surface area contributed by atoms with Crippen LogP contribution in [-0.4, -0.2) is 0 Å². The predicted octanol–water partition coefficient (Wildman–Crippen LogP) is 13.1. The van der Waals surface area contributed by atoms with Crippen LogP contribution >= 0.6 is 0 Å². The number of hydrogen-bond donors (Lipinski definition) is 0. The minimum absolute atomic E-state index is 0.625. The first-order chi connectivity index (χ1) is 15.3. The lowest BCUT2D eigenvalue weighted by Crippen LogP contribution is -2.15. The molecular formula is C33H74. The van der Waals surface area contributed by atoms with Gasteiger partial charge in [0.1, 0.15) is 0 Å². The lowest BCUT2D eigenvalue weighted by atomic mass is 9.78. The fourth-order valence-corrected chi connectivity index (χ4v) is 4.22. The minimum Gasteiger partial charge on any atom is -0.0651 e. The highest BCUT2D eigenvalue weighted by atomic mass is 14.3. The fourth-order valence-electron chi connectivity index (χ4n) is 4.22. The van der Waals surface area contributed by atoms with Crippen LogP contribution in [0.5, 0.6) is 0 Å². The van der Waals surface area contributed by atoms with Crippen molar-refractivity contribution in [3.63, 3.8) is 0 Å². The molecule has 0 heterocycles. The summed E-state index contributed by atoms with van der Waals surface area (Å²) in [5, 5.41) is 0. The van der Waals surface area contributed by atoms with Crippen molar-refractivity contribution >= 4 is 0 Å². The van der Waals surface area contributed by atoms with Gasteiger partial charge >= 0.3 is 0 Å². The normalized spacial score (nSPS) is 12.6. The van der Waals surface area contributed by atoms with Crippen LogP contribution in [0.4, 0.5) is 0 Å². The highest BCUT2D eigenvalue weighted by molar-refractivity contribution is 4.72. The van der Waals surface area contributed by atoms with Crippen molar-refractivity contribution in [2.45, 2.75) is 188 Å². The smallest absolute Gasteiger partial charge is 0.0308 e. The van der Waals surface area contributed by atoms with Crippen LogP contribution in [0.3, 0.4) is 0 Å². The molecule has 0 aromatic heterocycles. The Kier molecular flexibility index (Phi) is 28.9. The maximum absolute atomic E-state index is 2.35. The van der Waals surface area contributed by atoms with Crippen molar-refractivity contribution in [1.29, 1.82) is 0 Å². The van der Waals surface area contributed by atoms with Gasteiger partial charge in [0.05, 0.1) is 0 Å². The van der Waals surface area contributed by atoms with E-state index < -0.39 is 0 Å². The van der Waals surface area contributed by atoms with Crippen molar-refractivity contribution in [1.82, 2.24) is 0 Å². The molecule has 0 aliphatic carbocycles. The van der Waals surface area contributed by atoms with Crippen LogP contribution < -0.4 is 0 Å². The molecule has 0 bridgehead atoms. The van der Waals surface area contributed by atoms with Gasteiger partial charge in [0.25, 0.3) is 0 Å². The maximum Gasteiger partial charge on any atom is -0.0308 e. The largest absolute Gasteiger partial charge is 0.0651 e. The zero-order chi connectivity index (χ0) is 27.1. The van der Waals surface area contributed by atoms with Crippen LogP contribution in [-0.2, 0) is 0 Å². The molecule has 0 aliphatic heterocycles. The lowest BCUT2D eigenvalue weighted by Gasteiger charge is -2.28. The summed E-state index contributed by atoms with van der Waals surface area (Å²) in [6, 6.07) is 0. The molecule has 0 spiro atoms. The van der Waals surface area contributed by atoms with Gasteiger partial charge in [-0.3, -0.25) is 0 Å². The zero-order valence-corrected chi connectivity index (χ0v) is 27.1. The molecule has 0 radical (unpaired) electrons. The third-order valence-corrected chi connectivity index (χ3v) is 10.3. The van der Waals surface area contributed by atoms with Gasteiger partial charge < -0.3 is 0 Å². The molecule has 0 aromatic carbocycles. The molecule has 0 saturated carbocycles. The van der Waals surface area contributed by atoms with Crippen molar-refractivity contribution in [3.8, 4) is 0 Å². The Morgan fingerprint density at radius 1 is 0.394 bits per heavy atom. The molecule has 33 heavy (non-hydrogen) atoms. The highest BCUT2D eigenvalue weighted by Gasteiger charge is 2.21. The molecule has 0 rings (SSSR count). The molecule has 0 amide bonds. The second-order valence-corrected chi connectivity index (χ2v) is 11.3. The topological polar surface area (TPSA) is 0 Å². The predicted molar refractivity (Wildman–Crippen MR) is 160 cm³/mol. The Labute approximate surface area is 215 Å². The quantitative estimate of drug-likeness (QED) is 0.251. The van der Waals surface area contributed by atoms with E-state index in [2.05, 4.69) is 111 Å². The maximum atomic E-state index is 2.35. The number of rotatable bonds is 13. The third kappa shape index (κ3) is 18.9. The van der Waals surface area contributed by atoms with E-state index >= 15 is 0 Å². The number of hydrogen-bond acceptors (Lipinski definition) is 0. The van der Waals surface area contributed by atoms with Crippen molar-refractivity contribution in [3.05, 3.63) is 0 Å². The van der Waals surface area contributed by atoms with E-state index in [-0.39, 0.29) is 0 Å². The van der Waals surface area contributed by atoms with E-state index in [0.29, 0.717) is 16.2 Å². The summed E-state index contributed by atoms with van der Waals surface area (Å²) in [6.45, 7) is 36.7. The van der Waals surface area contributed by atoms with E-state index in [1.165, 1.54) is 77.0 Å². The molecule has 0 heteroatoms. The molecule has 0 nitrogen and oxygen atoms in total. The van der Waals surface area contributed by atoms with E-state index in [1.807, 2.05) is 0 Å². The molecule has 0 fully saturated rings. The Balaban J connectivity index is -0.000000171. The third-order valence-electron chi connectivity index (χ3n) is 10.3. The molecular weight excluding hydrogens is 396 g/mol. The van der Waals surface area contributed by atoms with Gasteiger partial charge in [-0.05, 0) is 28.1 Å². The molecule has 1 atom stereocenters. The first kappa shape index (κ1) is 40.2. The summed E-state index contributed by atoms with van der Waals surface area (Å²) < 4.78 is 0. The first-order valence-electron chi connectivity index (χ1n) is 15.3. The van der Waals surface area contributed by atoms with Gasteiger partial charge in [0, 0.05) is 0 Å². The Morgan fingerprint density at radius 3 is 0.606 bits per heavy atom. The van der Waals surface area contributed by atoms with Crippen LogP contribution in [0.25, 0.3) is 0 Å². The fraction of sp³-hybridized carbons (Fsp3) is 1.00. The van der Waals surface area contributed by atoms with Crippen molar-refractivity contribution in [2.75, 3.05) is 0 Å². The Morgan fingerprint density at radius 2 is 0.606 bits per heavy atom. The molecule has 0 saturated heterocycles. The lowest BCUT2D eigenvalue weighted by molar-refractivity contribution is 0.240. The monoisotopic (exact) mass is 471 g/mol. The van der Waals surface area contributed by atoms with Crippen molar-refractivity contribution < 1.29 is 0 Å². The summed E-state index contributed by atoms with van der Waals surface area (Å²) in [4.78, 5) is 0.